The number of ether oxygens (including phenoxy) is 1. The zero-order chi connectivity index (χ0) is 21.7. The average molecular weight is 445 g/mol. The molecule has 0 saturated carbocycles. The molecule has 10 heteroatoms. The van der Waals surface area contributed by atoms with Crippen molar-refractivity contribution in [1.82, 2.24) is 14.8 Å². The molecule has 0 fully saturated rings. The molecule has 0 saturated heterocycles. The van der Waals surface area contributed by atoms with Gasteiger partial charge in [-0.05, 0) is 38.1 Å². The van der Waals surface area contributed by atoms with Crippen LogP contribution in [0.1, 0.15) is 28.0 Å². The van der Waals surface area contributed by atoms with Crippen LogP contribution in [0, 0.1) is 6.92 Å². The van der Waals surface area contributed by atoms with E-state index in [1.54, 1.807) is 28.8 Å². The van der Waals surface area contributed by atoms with Crippen molar-refractivity contribution in [3.63, 3.8) is 0 Å². The summed E-state index contributed by atoms with van der Waals surface area (Å²) in [5.74, 6) is 0.304. The van der Waals surface area contributed by atoms with Gasteiger partial charge in [-0.1, -0.05) is 23.1 Å². The van der Waals surface area contributed by atoms with E-state index in [1.165, 1.54) is 49.4 Å². The van der Waals surface area contributed by atoms with Crippen molar-refractivity contribution in [2.24, 2.45) is 0 Å². The van der Waals surface area contributed by atoms with E-state index >= 15 is 0 Å². The lowest BCUT2D eigenvalue weighted by molar-refractivity contribution is -0.116. The van der Waals surface area contributed by atoms with Crippen LogP contribution in [0.3, 0.4) is 0 Å². The van der Waals surface area contributed by atoms with Crippen LogP contribution >= 0.6 is 23.1 Å². The Morgan fingerprint density at radius 3 is 2.57 bits per heavy atom. The lowest BCUT2D eigenvalue weighted by Gasteiger charge is -2.14. The topological polar surface area (TPSA) is 103 Å². The predicted molar refractivity (Wildman–Crippen MR) is 117 cm³/mol. The Morgan fingerprint density at radius 1 is 1.23 bits per heavy atom. The van der Waals surface area contributed by atoms with Crippen molar-refractivity contribution < 1.29 is 14.3 Å². The maximum absolute atomic E-state index is 12.6. The number of ketones is 1. The number of hydrogen-bond acceptors (Lipinski definition) is 8. The summed E-state index contributed by atoms with van der Waals surface area (Å²) in [6.07, 6.45) is 1.53. The first kappa shape index (κ1) is 21.7. The number of Topliss-reactive ketones (excluding diaryl/α,β-unsaturated/α-hetero) is 1. The summed E-state index contributed by atoms with van der Waals surface area (Å²) in [4.78, 5) is 36.1. The number of methoxy groups -OCH3 is 1. The fraction of sp³-hybridized carbons (Fsp3) is 0.250. The van der Waals surface area contributed by atoms with Gasteiger partial charge < -0.3 is 14.6 Å². The second-order valence-electron chi connectivity index (χ2n) is 6.38. The highest BCUT2D eigenvalue weighted by atomic mass is 32.2. The molecule has 30 heavy (non-hydrogen) atoms. The molecule has 0 unspecified atom stereocenters. The molecule has 3 rings (SSSR count). The van der Waals surface area contributed by atoms with Gasteiger partial charge in [-0.15, -0.1) is 10.2 Å². The number of aryl methyl sites for hydroxylation is 1. The fourth-order valence-electron chi connectivity index (χ4n) is 2.63. The third-order valence-corrected chi connectivity index (χ3v) is 6.15. The van der Waals surface area contributed by atoms with Crippen molar-refractivity contribution in [3.05, 3.63) is 63.0 Å². The van der Waals surface area contributed by atoms with Gasteiger partial charge >= 0.3 is 0 Å². The molecule has 8 nitrogen and oxygen atoms in total. The van der Waals surface area contributed by atoms with E-state index in [2.05, 4.69) is 15.5 Å². The number of anilines is 1. The molecular weight excluding hydrogens is 424 g/mol. The highest BCUT2D eigenvalue weighted by Gasteiger charge is 2.13. The van der Waals surface area contributed by atoms with Gasteiger partial charge in [0, 0.05) is 28.8 Å². The molecule has 0 atom stereocenters. The number of carbonyl (C=O) groups excluding carboxylic acids is 2. The minimum absolute atomic E-state index is 0.00383. The van der Waals surface area contributed by atoms with Crippen LogP contribution in [-0.2, 0) is 17.1 Å². The molecule has 2 aromatic heterocycles. The Hall–Kier alpha value is -2.98. The van der Waals surface area contributed by atoms with Crippen molar-refractivity contribution in [1.29, 1.82) is 0 Å². The second kappa shape index (κ2) is 9.68. The van der Waals surface area contributed by atoms with E-state index in [-0.39, 0.29) is 29.4 Å². The number of benzene rings is 1. The number of pyridine rings is 1. The fourth-order valence-corrected chi connectivity index (χ4v) is 4.44. The molecule has 3 aromatic rings. The summed E-state index contributed by atoms with van der Waals surface area (Å²) in [6.45, 7) is 3.36. The Labute approximate surface area is 181 Å². The summed E-state index contributed by atoms with van der Waals surface area (Å²) in [6, 6.07) is 8.14. The number of nitrogens with one attached hydrogen (secondary N) is 1. The molecule has 0 aliphatic carbocycles. The number of carbonyl (C=O) groups is 2. The Morgan fingerprint density at radius 2 is 1.97 bits per heavy atom. The highest BCUT2D eigenvalue weighted by Crippen LogP contribution is 2.25. The van der Waals surface area contributed by atoms with E-state index in [9.17, 15) is 14.4 Å². The van der Waals surface area contributed by atoms with E-state index in [1.807, 2.05) is 6.92 Å². The molecule has 1 amide bonds. The molecule has 156 valence electrons. The standard InChI is InChI=1S/C20H20N4O4S2/c1-12(25)14-4-6-15(7-5-14)21-19(27)10-24-9-18(28-3)17(26)8-16(24)11-29-20-23-22-13(2)30-20/h4-9H,10-11H2,1-3H3,(H,21,27). The molecular formula is C20H20N4O4S2. The van der Waals surface area contributed by atoms with Crippen LogP contribution in [0.15, 0.2) is 45.7 Å². The van der Waals surface area contributed by atoms with E-state index < -0.39 is 0 Å². The second-order valence-corrected chi connectivity index (χ2v) is 8.79. The van der Waals surface area contributed by atoms with Gasteiger partial charge in [0.25, 0.3) is 0 Å². The van der Waals surface area contributed by atoms with Crippen LogP contribution < -0.4 is 15.5 Å². The largest absolute Gasteiger partial charge is 0.491 e. The summed E-state index contributed by atoms with van der Waals surface area (Å²) < 4.78 is 7.59. The predicted octanol–water partition coefficient (Wildman–Crippen LogP) is 3.15. The number of aromatic nitrogens is 3. The van der Waals surface area contributed by atoms with Gasteiger partial charge in [-0.3, -0.25) is 14.4 Å². The van der Waals surface area contributed by atoms with Crippen LogP contribution in [-0.4, -0.2) is 33.6 Å². The summed E-state index contributed by atoms with van der Waals surface area (Å²) in [7, 11) is 1.41. The van der Waals surface area contributed by atoms with Gasteiger partial charge in [-0.25, -0.2) is 0 Å². The first-order chi connectivity index (χ1) is 14.4. The first-order valence-electron chi connectivity index (χ1n) is 8.97. The first-order valence-corrected chi connectivity index (χ1v) is 10.8. The smallest absolute Gasteiger partial charge is 0.244 e. The van der Waals surface area contributed by atoms with Gasteiger partial charge in [-0.2, -0.15) is 0 Å². The van der Waals surface area contributed by atoms with Gasteiger partial charge in [0.15, 0.2) is 15.9 Å². The van der Waals surface area contributed by atoms with Gasteiger partial charge in [0.1, 0.15) is 11.6 Å². The number of amides is 1. The van der Waals surface area contributed by atoms with E-state index in [0.29, 0.717) is 22.7 Å². The molecule has 2 heterocycles. The minimum atomic E-state index is -0.269. The van der Waals surface area contributed by atoms with Gasteiger partial charge in [0.05, 0.1) is 13.3 Å². The number of rotatable bonds is 8. The average Bonchev–Trinajstić information content (AvgIpc) is 3.13. The molecule has 0 aliphatic rings. The zero-order valence-electron chi connectivity index (χ0n) is 16.7. The van der Waals surface area contributed by atoms with Crippen LogP contribution in [0.4, 0.5) is 5.69 Å². The highest BCUT2D eigenvalue weighted by molar-refractivity contribution is 8.00. The summed E-state index contributed by atoms with van der Waals surface area (Å²) in [5, 5.41) is 11.7. The Bertz CT molecular complexity index is 1120. The molecule has 0 bridgehead atoms. The molecule has 1 N–H and O–H groups in total. The van der Waals surface area contributed by atoms with Crippen molar-refractivity contribution in [3.8, 4) is 5.75 Å². The molecule has 0 spiro atoms. The third kappa shape index (κ3) is 5.55. The Balaban J connectivity index is 1.76. The summed E-state index contributed by atoms with van der Waals surface area (Å²) in [5.41, 5.74) is 1.57. The number of nitrogens with zero attached hydrogens (tertiary/aromatic N) is 3. The maximum Gasteiger partial charge on any atom is 0.244 e. The van der Waals surface area contributed by atoms with Crippen LogP contribution in [0.2, 0.25) is 0 Å². The third-order valence-electron chi connectivity index (χ3n) is 4.14. The number of hydrogen-bond donors (Lipinski definition) is 1. The monoisotopic (exact) mass is 444 g/mol. The van der Waals surface area contributed by atoms with Crippen molar-refractivity contribution >= 4 is 40.5 Å². The summed E-state index contributed by atoms with van der Waals surface area (Å²) >= 11 is 2.92. The quantitative estimate of drug-likeness (QED) is 0.420. The number of thioether (sulfide) groups is 1. The van der Waals surface area contributed by atoms with Crippen molar-refractivity contribution in [2.45, 2.75) is 30.5 Å². The Kier molecular flexibility index (Phi) is 7.01. The van der Waals surface area contributed by atoms with E-state index in [0.717, 1.165) is 9.35 Å². The lowest BCUT2D eigenvalue weighted by Crippen LogP contribution is -2.22. The van der Waals surface area contributed by atoms with Crippen LogP contribution in [0.25, 0.3) is 0 Å². The van der Waals surface area contributed by atoms with Crippen LogP contribution in [0.5, 0.6) is 5.75 Å². The zero-order valence-corrected chi connectivity index (χ0v) is 18.3. The van der Waals surface area contributed by atoms with Crippen molar-refractivity contribution in [2.75, 3.05) is 12.4 Å². The minimum Gasteiger partial charge on any atom is -0.491 e. The molecule has 1 aromatic carbocycles. The SMILES string of the molecule is COc1cn(CC(=O)Nc2ccc(C(C)=O)cc2)c(CSc2nnc(C)s2)cc1=O. The normalized spacial score (nSPS) is 10.6. The van der Waals surface area contributed by atoms with Gasteiger partial charge in [0.2, 0.25) is 11.3 Å². The van der Waals surface area contributed by atoms with E-state index in [4.69, 9.17) is 4.74 Å². The maximum atomic E-state index is 12.6. The molecule has 0 radical (unpaired) electrons. The lowest BCUT2D eigenvalue weighted by atomic mass is 10.1. The molecule has 0 aliphatic heterocycles.